The highest BCUT2D eigenvalue weighted by molar-refractivity contribution is 9.09. The lowest BCUT2D eigenvalue weighted by molar-refractivity contribution is 0.108. The first-order valence-electron chi connectivity index (χ1n) is 5.08. The van der Waals surface area contributed by atoms with Crippen molar-refractivity contribution in [1.82, 2.24) is 4.90 Å². The van der Waals surface area contributed by atoms with E-state index >= 15 is 0 Å². The monoisotopic (exact) mass is 231 g/mol. The van der Waals surface area contributed by atoms with E-state index in [1.54, 1.807) is 0 Å². The number of likely N-dealkylation sites (tertiary alicyclic amines) is 1. The van der Waals surface area contributed by atoms with Gasteiger partial charge >= 0.3 is 0 Å². The number of piperidine rings is 1. The Labute approximate surface area is 83.6 Å². The molecule has 0 amide bonds. The summed E-state index contributed by atoms with van der Waals surface area (Å²) in [4.78, 5) is 3.30. The van der Waals surface area contributed by atoms with Crippen LogP contribution < -0.4 is 0 Å². The molecule has 12 heavy (non-hydrogen) atoms. The average molecular weight is 232 g/mol. The van der Waals surface area contributed by atoms with E-state index in [0.29, 0.717) is 0 Å². The van der Waals surface area contributed by atoms with Gasteiger partial charge in [-0.05, 0) is 51.1 Å². The van der Waals surface area contributed by atoms with Gasteiger partial charge in [-0.25, -0.2) is 0 Å². The van der Waals surface area contributed by atoms with Gasteiger partial charge in [-0.3, -0.25) is 0 Å². The number of hydrogen-bond donors (Lipinski definition) is 0. The molecule has 0 aromatic carbocycles. The third kappa shape index (κ3) is 1.85. The van der Waals surface area contributed by atoms with Crippen LogP contribution in [0, 0.1) is 11.8 Å². The summed E-state index contributed by atoms with van der Waals surface area (Å²) in [5.41, 5.74) is 0. The summed E-state index contributed by atoms with van der Waals surface area (Å²) < 4.78 is 0. The van der Waals surface area contributed by atoms with Crippen molar-refractivity contribution in [3.05, 3.63) is 0 Å². The van der Waals surface area contributed by atoms with E-state index in [1.165, 1.54) is 38.8 Å². The largest absolute Gasteiger partial charge is 0.306 e. The third-order valence-electron chi connectivity index (χ3n) is 3.50. The van der Waals surface area contributed by atoms with Gasteiger partial charge in [0, 0.05) is 11.4 Å². The molecule has 2 heteroatoms. The molecule has 1 heterocycles. The standard InChI is InChI=1S/C10H18BrN/c1-12-5-4-8-2-3-10(11)6-9(8)7-12/h8-10H,2-7H2,1H3/t8-,9-,10-/m0/s1. The summed E-state index contributed by atoms with van der Waals surface area (Å²) in [6.45, 7) is 2.67. The maximum atomic E-state index is 3.75. The number of fused-ring (bicyclic) bond motifs is 1. The van der Waals surface area contributed by atoms with E-state index in [1.807, 2.05) is 0 Å². The molecule has 0 unspecified atom stereocenters. The maximum Gasteiger partial charge on any atom is 0.0149 e. The molecular formula is C10H18BrN. The molecule has 0 bridgehead atoms. The van der Waals surface area contributed by atoms with Crippen LogP contribution in [0.3, 0.4) is 0 Å². The predicted molar refractivity (Wildman–Crippen MR) is 55.7 cm³/mol. The molecule has 0 aromatic rings. The van der Waals surface area contributed by atoms with Crippen LogP contribution in [0.2, 0.25) is 0 Å². The van der Waals surface area contributed by atoms with E-state index in [2.05, 4.69) is 27.9 Å². The summed E-state index contributed by atoms with van der Waals surface area (Å²) >= 11 is 3.75. The number of hydrogen-bond acceptors (Lipinski definition) is 1. The molecule has 3 atom stereocenters. The first-order chi connectivity index (χ1) is 5.75. The minimum atomic E-state index is 0.810. The van der Waals surface area contributed by atoms with Crippen molar-refractivity contribution < 1.29 is 0 Å². The molecule has 0 spiro atoms. The number of rotatable bonds is 0. The normalized spacial score (nSPS) is 44.0. The van der Waals surface area contributed by atoms with Crippen molar-refractivity contribution in [1.29, 1.82) is 0 Å². The van der Waals surface area contributed by atoms with Gasteiger partial charge in [0.25, 0.3) is 0 Å². The Bertz CT molecular complexity index is 144. The minimum Gasteiger partial charge on any atom is -0.306 e. The van der Waals surface area contributed by atoms with E-state index < -0.39 is 0 Å². The van der Waals surface area contributed by atoms with Crippen molar-refractivity contribution in [2.45, 2.75) is 30.5 Å². The van der Waals surface area contributed by atoms with Gasteiger partial charge in [0.05, 0.1) is 0 Å². The third-order valence-corrected chi connectivity index (χ3v) is 4.34. The van der Waals surface area contributed by atoms with E-state index in [4.69, 9.17) is 0 Å². The van der Waals surface area contributed by atoms with Gasteiger partial charge in [-0.1, -0.05) is 15.9 Å². The molecule has 0 N–H and O–H groups in total. The fourth-order valence-corrected chi connectivity index (χ4v) is 3.50. The first kappa shape index (κ1) is 9.01. The molecule has 2 fully saturated rings. The summed E-state index contributed by atoms with van der Waals surface area (Å²) in [5, 5.41) is 0. The molecule has 1 saturated carbocycles. The summed E-state index contributed by atoms with van der Waals surface area (Å²) in [6.07, 6.45) is 5.73. The highest BCUT2D eigenvalue weighted by atomic mass is 79.9. The van der Waals surface area contributed by atoms with Gasteiger partial charge in [-0.15, -0.1) is 0 Å². The van der Waals surface area contributed by atoms with Crippen LogP contribution in [0.4, 0.5) is 0 Å². The molecule has 2 aliphatic rings. The van der Waals surface area contributed by atoms with Crippen molar-refractivity contribution in [3.8, 4) is 0 Å². The fraction of sp³-hybridized carbons (Fsp3) is 1.00. The zero-order chi connectivity index (χ0) is 8.55. The highest BCUT2D eigenvalue weighted by Gasteiger charge is 2.32. The van der Waals surface area contributed by atoms with Crippen LogP contribution in [0.1, 0.15) is 25.7 Å². The molecule has 2 rings (SSSR count). The second-order valence-electron chi connectivity index (χ2n) is 4.48. The van der Waals surface area contributed by atoms with Crippen molar-refractivity contribution in [2.75, 3.05) is 20.1 Å². The predicted octanol–water partition coefficient (Wildman–Crippen LogP) is 2.50. The molecule has 70 valence electrons. The molecule has 1 saturated heterocycles. The first-order valence-corrected chi connectivity index (χ1v) is 6.00. The average Bonchev–Trinajstić information content (AvgIpc) is 2.03. The lowest BCUT2D eigenvalue weighted by Crippen LogP contribution is -2.41. The number of alkyl halides is 1. The van der Waals surface area contributed by atoms with Crippen molar-refractivity contribution in [2.24, 2.45) is 11.8 Å². The van der Waals surface area contributed by atoms with Gasteiger partial charge < -0.3 is 4.90 Å². The molecule has 0 aromatic heterocycles. The van der Waals surface area contributed by atoms with E-state index in [0.717, 1.165) is 16.7 Å². The lowest BCUT2D eigenvalue weighted by atomic mass is 9.75. The van der Waals surface area contributed by atoms with Crippen LogP contribution in [-0.4, -0.2) is 29.9 Å². The second kappa shape index (κ2) is 3.67. The Balaban J connectivity index is 1.94. The number of nitrogens with zero attached hydrogens (tertiary/aromatic N) is 1. The Hall–Kier alpha value is 0.440. The highest BCUT2D eigenvalue weighted by Crippen LogP contribution is 2.38. The van der Waals surface area contributed by atoms with Crippen LogP contribution in [0.25, 0.3) is 0 Å². The molecule has 1 aliphatic carbocycles. The van der Waals surface area contributed by atoms with Gasteiger partial charge in [-0.2, -0.15) is 0 Å². The zero-order valence-corrected chi connectivity index (χ0v) is 9.39. The van der Waals surface area contributed by atoms with Crippen molar-refractivity contribution in [3.63, 3.8) is 0 Å². The van der Waals surface area contributed by atoms with E-state index in [-0.39, 0.29) is 0 Å². The molecule has 1 nitrogen and oxygen atoms in total. The fourth-order valence-electron chi connectivity index (χ4n) is 2.75. The van der Waals surface area contributed by atoms with Gasteiger partial charge in [0.15, 0.2) is 0 Å². The Kier molecular flexibility index (Phi) is 2.75. The lowest BCUT2D eigenvalue weighted by Gasteiger charge is -2.41. The summed E-state index contributed by atoms with van der Waals surface area (Å²) in [6, 6.07) is 0. The van der Waals surface area contributed by atoms with Crippen LogP contribution >= 0.6 is 15.9 Å². The van der Waals surface area contributed by atoms with Crippen molar-refractivity contribution >= 4 is 15.9 Å². The topological polar surface area (TPSA) is 3.24 Å². The molecule has 1 aliphatic heterocycles. The Morgan fingerprint density at radius 1 is 1.17 bits per heavy atom. The second-order valence-corrected chi connectivity index (χ2v) is 5.78. The van der Waals surface area contributed by atoms with E-state index in [9.17, 15) is 0 Å². The minimum absolute atomic E-state index is 0.810. The van der Waals surface area contributed by atoms with Crippen LogP contribution in [0.5, 0.6) is 0 Å². The smallest absolute Gasteiger partial charge is 0.0149 e. The van der Waals surface area contributed by atoms with Gasteiger partial charge in [0.2, 0.25) is 0 Å². The molecular weight excluding hydrogens is 214 g/mol. The van der Waals surface area contributed by atoms with Gasteiger partial charge in [0.1, 0.15) is 0 Å². The Morgan fingerprint density at radius 2 is 2.00 bits per heavy atom. The summed E-state index contributed by atoms with van der Waals surface area (Å²) in [7, 11) is 2.26. The summed E-state index contributed by atoms with van der Waals surface area (Å²) in [5.74, 6) is 2.04. The number of halogens is 1. The maximum absolute atomic E-state index is 3.75. The zero-order valence-electron chi connectivity index (χ0n) is 7.80. The SMILES string of the molecule is CN1CC[C@@H]2CC[C@H](Br)C[C@H]2C1. The quantitative estimate of drug-likeness (QED) is 0.580. The van der Waals surface area contributed by atoms with Crippen LogP contribution in [0.15, 0.2) is 0 Å². The molecule has 0 radical (unpaired) electrons. The van der Waals surface area contributed by atoms with Crippen LogP contribution in [-0.2, 0) is 0 Å². The Morgan fingerprint density at radius 3 is 2.83 bits per heavy atom.